The van der Waals surface area contributed by atoms with E-state index < -0.39 is 6.10 Å². The molecular formula is C13H18N2O3. The number of carbonyl (C=O) groups is 1. The van der Waals surface area contributed by atoms with Gasteiger partial charge in [0.25, 0.3) is 5.91 Å². The smallest absolute Gasteiger partial charge is 0.255 e. The predicted octanol–water partition coefficient (Wildman–Crippen LogP) is 0.750. The average Bonchev–Trinajstić information content (AvgIpc) is 2.76. The van der Waals surface area contributed by atoms with Crippen LogP contribution in [0.1, 0.15) is 36.5 Å². The van der Waals surface area contributed by atoms with Gasteiger partial charge in [0.05, 0.1) is 11.7 Å². The van der Waals surface area contributed by atoms with E-state index in [2.05, 4.69) is 4.98 Å². The lowest BCUT2D eigenvalue weighted by Crippen LogP contribution is -2.37. The van der Waals surface area contributed by atoms with E-state index in [1.165, 1.54) is 12.3 Å². The number of hydrogen-bond acceptors (Lipinski definition) is 3. The topological polar surface area (TPSA) is 73.4 Å². The molecular weight excluding hydrogens is 232 g/mol. The number of aromatic amines is 1. The van der Waals surface area contributed by atoms with Crippen molar-refractivity contribution in [2.45, 2.75) is 38.3 Å². The molecule has 2 N–H and O–H groups in total. The molecule has 1 aromatic rings. The summed E-state index contributed by atoms with van der Waals surface area (Å²) in [7, 11) is 0. The van der Waals surface area contributed by atoms with Crippen molar-refractivity contribution in [1.29, 1.82) is 0 Å². The number of aliphatic hydroxyl groups is 1. The number of carbonyl (C=O) groups excluding carboxylic acids is 1. The van der Waals surface area contributed by atoms with Crippen LogP contribution in [0.4, 0.5) is 0 Å². The van der Waals surface area contributed by atoms with Crippen molar-refractivity contribution in [2.75, 3.05) is 6.54 Å². The van der Waals surface area contributed by atoms with Gasteiger partial charge in [-0.1, -0.05) is 0 Å². The highest BCUT2D eigenvalue weighted by Gasteiger charge is 2.30. The maximum absolute atomic E-state index is 12.3. The van der Waals surface area contributed by atoms with Crippen LogP contribution in [0.5, 0.6) is 0 Å². The molecule has 98 valence electrons. The first-order chi connectivity index (χ1) is 8.58. The third-order valence-corrected chi connectivity index (χ3v) is 3.28. The molecule has 0 aromatic carbocycles. The summed E-state index contributed by atoms with van der Waals surface area (Å²) in [6, 6.07) is 3.00. The lowest BCUT2D eigenvalue weighted by molar-refractivity contribution is 0.0681. The van der Waals surface area contributed by atoms with E-state index in [0.717, 1.165) is 19.4 Å². The predicted molar refractivity (Wildman–Crippen MR) is 67.4 cm³/mol. The van der Waals surface area contributed by atoms with Gasteiger partial charge < -0.3 is 15.0 Å². The first-order valence-electron chi connectivity index (χ1n) is 6.25. The van der Waals surface area contributed by atoms with Gasteiger partial charge in [0.1, 0.15) is 0 Å². The van der Waals surface area contributed by atoms with Crippen LogP contribution in [0.25, 0.3) is 0 Å². The molecule has 2 rings (SSSR count). The summed E-state index contributed by atoms with van der Waals surface area (Å²) in [5.41, 5.74) is 0.278. The monoisotopic (exact) mass is 250 g/mol. The molecule has 18 heavy (non-hydrogen) atoms. The van der Waals surface area contributed by atoms with Crippen LogP contribution in [0.3, 0.4) is 0 Å². The Labute approximate surface area is 105 Å². The first-order valence-corrected chi connectivity index (χ1v) is 6.25. The number of hydrogen-bond donors (Lipinski definition) is 2. The lowest BCUT2D eigenvalue weighted by atomic mass is 10.1. The zero-order valence-electron chi connectivity index (χ0n) is 10.4. The van der Waals surface area contributed by atoms with Crippen molar-refractivity contribution < 1.29 is 9.90 Å². The van der Waals surface area contributed by atoms with Crippen molar-refractivity contribution in [1.82, 2.24) is 9.88 Å². The fourth-order valence-corrected chi connectivity index (χ4v) is 2.45. The fraction of sp³-hybridized carbons (Fsp3) is 0.538. The number of aromatic nitrogens is 1. The second-order valence-corrected chi connectivity index (χ2v) is 4.82. The van der Waals surface area contributed by atoms with Crippen molar-refractivity contribution in [3.05, 3.63) is 34.2 Å². The van der Waals surface area contributed by atoms with Gasteiger partial charge in [0.2, 0.25) is 5.56 Å². The number of nitrogens with zero attached hydrogens (tertiary/aromatic N) is 1. The number of H-pyrrole nitrogens is 1. The Morgan fingerprint density at radius 1 is 1.61 bits per heavy atom. The molecule has 5 heteroatoms. The van der Waals surface area contributed by atoms with Gasteiger partial charge in [0.15, 0.2) is 0 Å². The number of likely N-dealkylation sites (tertiary alicyclic amines) is 1. The zero-order chi connectivity index (χ0) is 13.1. The minimum atomic E-state index is -0.404. The zero-order valence-corrected chi connectivity index (χ0v) is 10.4. The lowest BCUT2D eigenvalue weighted by Gasteiger charge is -2.25. The number of amides is 1. The maximum atomic E-state index is 12.3. The largest absolute Gasteiger partial charge is 0.393 e. The van der Waals surface area contributed by atoms with Crippen molar-refractivity contribution in [3.8, 4) is 0 Å². The van der Waals surface area contributed by atoms with Crippen molar-refractivity contribution in [2.24, 2.45) is 0 Å². The molecule has 1 saturated heterocycles. The molecule has 1 amide bonds. The Morgan fingerprint density at radius 3 is 3.00 bits per heavy atom. The summed E-state index contributed by atoms with van der Waals surface area (Å²) in [5, 5.41) is 9.43. The Hall–Kier alpha value is -1.62. The van der Waals surface area contributed by atoms with Crippen LogP contribution in [-0.4, -0.2) is 39.6 Å². The summed E-state index contributed by atoms with van der Waals surface area (Å²) in [6.45, 7) is 2.45. The number of nitrogens with one attached hydrogen (secondary N) is 1. The second kappa shape index (κ2) is 5.35. The molecule has 2 atom stereocenters. The molecule has 0 spiro atoms. The second-order valence-electron chi connectivity index (χ2n) is 4.82. The molecule has 1 fully saturated rings. The molecule has 0 aliphatic carbocycles. The van der Waals surface area contributed by atoms with Crippen LogP contribution < -0.4 is 5.56 Å². The van der Waals surface area contributed by atoms with Crippen LogP contribution in [-0.2, 0) is 0 Å². The summed E-state index contributed by atoms with van der Waals surface area (Å²) < 4.78 is 0. The summed E-state index contributed by atoms with van der Waals surface area (Å²) in [5.74, 6) is -0.0746. The number of pyridine rings is 1. The minimum absolute atomic E-state index is 0.0746. The SMILES string of the molecule is CC(O)CC1CCCN1C(=O)c1ccc(=O)[nH]c1. The highest BCUT2D eigenvalue weighted by molar-refractivity contribution is 5.94. The van der Waals surface area contributed by atoms with Gasteiger partial charge in [-0.2, -0.15) is 0 Å². The van der Waals surface area contributed by atoms with E-state index >= 15 is 0 Å². The minimum Gasteiger partial charge on any atom is -0.393 e. The van der Waals surface area contributed by atoms with Gasteiger partial charge in [0, 0.05) is 24.8 Å². The Kier molecular flexibility index (Phi) is 3.81. The van der Waals surface area contributed by atoms with Gasteiger partial charge in [-0.25, -0.2) is 0 Å². The molecule has 2 heterocycles. The summed E-state index contributed by atoms with van der Waals surface area (Å²) >= 11 is 0. The molecule has 0 saturated carbocycles. The van der Waals surface area contributed by atoms with E-state index in [1.54, 1.807) is 17.9 Å². The number of aliphatic hydroxyl groups excluding tert-OH is 1. The van der Waals surface area contributed by atoms with Gasteiger partial charge in [-0.3, -0.25) is 9.59 Å². The standard InChI is InChI=1S/C13H18N2O3/c1-9(16)7-11-3-2-6-15(11)13(18)10-4-5-12(17)14-8-10/h4-5,8-9,11,16H,2-3,6-7H2,1H3,(H,14,17). The Morgan fingerprint density at radius 2 is 2.39 bits per heavy atom. The molecule has 0 bridgehead atoms. The molecule has 1 aliphatic heterocycles. The van der Waals surface area contributed by atoms with E-state index in [0.29, 0.717) is 12.0 Å². The van der Waals surface area contributed by atoms with Crippen LogP contribution in [0.2, 0.25) is 0 Å². The van der Waals surface area contributed by atoms with Crippen LogP contribution in [0, 0.1) is 0 Å². The highest BCUT2D eigenvalue weighted by atomic mass is 16.3. The molecule has 0 radical (unpaired) electrons. The third kappa shape index (κ3) is 2.79. The Bertz CT molecular complexity index is 461. The first kappa shape index (κ1) is 12.8. The summed E-state index contributed by atoms with van der Waals surface area (Å²) in [4.78, 5) is 27.5. The van der Waals surface area contributed by atoms with Crippen molar-refractivity contribution >= 4 is 5.91 Å². The van der Waals surface area contributed by atoms with Gasteiger partial charge in [-0.05, 0) is 32.3 Å². The van der Waals surface area contributed by atoms with E-state index in [9.17, 15) is 14.7 Å². The van der Waals surface area contributed by atoms with Crippen molar-refractivity contribution in [3.63, 3.8) is 0 Å². The number of rotatable bonds is 3. The fourth-order valence-electron chi connectivity index (χ4n) is 2.45. The van der Waals surface area contributed by atoms with Crippen LogP contribution in [0.15, 0.2) is 23.1 Å². The Balaban J connectivity index is 2.12. The van der Waals surface area contributed by atoms with E-state index in [1.807, 2.05) is 0 Å². The molecule has 1 aliphatic rings. The normalized spacial score (nSPS) is 21.0. The third-order valence-electron chi connectivity index (χ3n) is 3.28. The molecule has 1 aromatic heterocycles. The van der Waals surface area contributed by atoms with Gasteiger partial charge >= 0.3 is 0 Å². The average molecular weight is 250 g/mol. The van der Waals surface area contributed by atoms with Crippen LogP contribution >= 0.6 is 0 Å². The van der Waals surface area contributed by atoms with Gasteiger partial charge in [-0.15, -0.1) is 0 Å². The van der Waals surface area contributed by atoms with E-state index in [-0.39, 0.29) is 17.5 Å². The highest BCUT2D eigenvalue weighted by Crippen LogP contribution is 2.23. The summed E-state index contributed by atoms with van der Waals surface area (Å²) in [6.07, 6.45) is 3.54. The van der Waals surface area contributed by atoms with E-state index in [4.69, 9.17) is 0 Å². The maximum Gasteiger partial charge on any atom is 0.255 e. The molecule has 5 nitrogen and oxygen atoms in total. The molecule has 2 unspecified atom stereocenters. The quantitative estimate of drug-likeness (QED) is 0.831.